The van der Waals surface area contributed by atoms with Crippen LogP contribution >= 0.6 is 11.8 Å². The fourth-order valence-corrected chi connectivity index (χ4v) is 3.80. The number of carbonyl (C=O) groups is 1. The SMILES string of the molecule is Cc1cccc(-n2ccnc2SC(C)C(=O)Nc2ccccc2C(C)C)c1. The number of aryl methyl sites for hydroxylation is 1. The third-order valence-corrected chi connectivity index (χ3v) is 5.46. The summed E-state index contributed by atoms with van der Waals surface area (Å²) in [7, 11) is 0. The predicted octanol–water partition coefficient (Wildman–Crippen LogP) is 5.42. The Balaban J connectivity index is 1.74. The molecular formula is C22H25N3OS. The second kappa shape index (κ2) is 8.44. The Labute approximate surface area is 165 Å². The van der Waals surface area contributed by atoms with Crippen LogP contribution in [-0.4, -0.2) is 20.7 Å². The molecule has 0 radical (unpaired) electrons. The van der Waals surface area contributed by atoms with Crippen molar-refractivity contribution in [1.29, 1.82) is 0 Å². The quantitative estimate of drug-likeness (QED) is 0.582. The summed E-state index contributed by atoms with van der Waals surface area (Å²) in [5.41, 5.74) is 4.26. The fraction of sp³-hybridized carbons (Fsp3) is 0.273. The van der Waals surface area contributed by atoms with Gasteiger partial charge in [-0.25, -0.2) is 4.98 Å². The minimum absolute atomic E-state index is 0.0214. The molecule has 0 fully saturated rings. The maximum Gasteiger partial charge on any atom is 0.237 e. The molecule has 1 unspecified atom stereocenters. The van der Waals surface area contributed by atoms with E-state index in [0.29, 0.717) is 5.92 Å². The molecular weight excluding hydrogens is 354 g/mol. The summed E-state index contributed by atoms with van der Waals surface area (Å²) in [6, 6.07) is 16.2. The Hall–Kier alpha value is -2.53. The number of nitrogens with one attached hydrogen (secondary N) is 1. The molecule has 0 bridgehead atoms. The van der Waals surface area contributed by atoms with Gasteiger partial charge >= 0.3 is 0 Å². The summed E-state index contributed by atoms with van der Waals surface area (Å²) in [6.07, 6.45) is 3.69. The zero-order chi connectivity index (χ0) is 19.4. The standard InChI is InChI=1S/C22H25N3OS/c1-15(2)19-10-5-6-11-20(19)24-21(26)17(4)27-22-23-12-13-25(22)18-9-7-8-16(3)14-18/h5-15,17H,1-4H3,(H,24,26). The van der Waals surface area contributed by atoms with Crippen molar-refractivity contribution in [2.24, 2.45) is 0 Å². The van der Waals surface area contributed by atoms with E-state index in [2.05, 4.69) is 49.3 Å². The molecule has 1 N–H and O–H groups in total. The summed E-state index contributed by atoms with van der Waals surface area (Å²) in [6.45, 7) is 8.23. The van der Waals surface area contributed by atoms with Crippen LogP contribution in [0.1, 0.15) is 37.8 Å². The first kappa shape index (κ1) is 19.2. The van der Waals surface area contributed by atoms with E-state index in [-0.39, 0.29) is 11.2 Å². The lowest BCUT2D eigenvalue weighted by atomic mass is 10.0. The summed E-state index contributed by atoms with van der Waals surface area (Å²) >= 11 is 1.46. The topological polar surface area (TPSA) is 46.9 Å². The number of imidazole rings is 1. The Morgan fingerprint density at radius 3 is 2.63 bits per heavy atom. The van der Waals surface area contributed by atoms with Crippen LogP contribution in [-0.2, 0) is 4.79 Å². The Morgan fingerprint density at radius 1 is 1.11 bits per heavy atom. The normalized spacial score (nSPS) is 12.2. The van der Waals surface area contributed by atoms with Crippen molar-refractivity contribution < 1.29 is 4.79 Å². The molecule has 1 heterocycles. The van der Waals surface area contributed by atoms with Gasteiger partial charge in [-0.2, -0.15) is 0 Å². The van der Waals surface area contributed by atoms with Crippen molar-refractivity contribution in [3.8, 4) is 5.69 Å². The van der Waals surface area contributed by atoms with Gasteiger partial charge in [0.1, 0.15) is 0 Å². The number of para-hydroxylation sites is 1. The van der Waals surface area contributed by atoms with Crippen molar-refractivity contribution in [1.82, 2.24) is 9.55 Å². The highest BCUT2D eigenvalue weighted by Gasteiger charge is 2.19. The minimum atomic E-state index is -0.267. The van der Waals surface area contributed by atoms with E-state index < -0.39 is 0 Å². The first-order valence-corrected chi connectivity index (χ1v) is 10.0. The lowest BCUT2D eigenvalue weighted by Gasteiger charge is -2.16. The van der Waals surface area contributed by atoms with Gasteiger partial charge < -0.3 is 5.32 Å². The van der Waals surface area contributed by atoms with Crippen LogP contribution < -0.4 is 5.32 Å². The fourth-order valence-electron chi connectivity index (χ4n) is 2.91. The minimum Gasteiger partial charge on any atom is -0.325 e. The predicted molar refractivity (Wildman–Crippen MR) is 113 cm³/mol. The average Bonchev–Trinajstić information content (AvgIpc) is 3.10. The van der Waals surface area contributed by atoms with Gasteiger partial charge in [0.15, 0.2) is 5.16 Å². The second-order valence-corrected chi connectivity index (χ2v) is 8.22. The summed E-state index contributed by atoms with van der Waals surface area (Å²) in [4.78, 5) is 17.2. The number of carbonyl (C=O) groups excluding carboxylic acids is 1. The van der Waals surface area contributed by atoms with Crippen LogP contribution in [0.5, 0.6) is 0 Å². The van der Waals surface area contributed by atoms with Gasteiger partial charge in [0, 0.05) is 23.8 Å². The van der Waals surface area contributed by atoms with Gasteiger partial charge in [-0.15, -0.1) is 0 Å². The molecule has 0 saturated heterocycles. The molecule has 1 atom stereocenters. The number of hydrogen-bond donors (Lipinski definition) is 1. The number of amides is 1. The molecule has 0 aliphatic heterocycles. The monoisotopic (exact) mass is 379 g/mol. The van der Waals surface area contributed by atoms with E-state index >= 15 is 0 Å². The van der Waals surface area contributed by atoms with Crippen LogP contribution in [0.4, 0.5) is 5.69 Å². The highest BCUT2D eigenvalue weighted by atomic mass is 32.2. The average molecular weight is 380 g/mol. The molecule has 1 amide bonds. The lowest BCUT2D eigenvalue weighted by molar-refractivity contribution is -0.115. The largest absolute Gasteiger partial charge is 0.325 e. The van der Waals surface area contributed by atoms with Crippen molar-refractivity contribution in [2.45, 2.75) is 44.0 Å². The van der Waals surface area contributed by atoms with Gasteiger partial charge in [0.2, 0.25) is 5.91 Å². The van der Waals surface area contributed by atoms with Crippen LogP contribution in [0.2, 0.25) is 0 Å². The van der Waals surface area contributed by atoms with Gasteiger partial charge in [0.25, 0.3) is 0 Å². The van der Waals surface area contributed by atoms with Crippen LogP contribution in [0.25, 0.3) is 5.69 Å². The number of thioether (sulfide) groups is 1. The maximum absolute atomic E-state index is 12.7. The summed E-state index contributed by atoms with van der Waals surface area (Å²) in [5.74, 6) is 0.330. The van der Waals surface area contributed by atoms with E-state index in [1.165, 1.54) is 17.3 Å². The van der Waals surface area contributed by atoms with E-state index in [0.717, 1.165) is 22.1 Å². The zero-order valence-electron chi connectivity index (χ0n) is 16.1. The molecule has 3 rings (SSSR count). The molecule has 4 nitrogen and oxygen atoms in total. The van der Waals surface area contributed by atoms with Crippen molar-refractivity contribution in [3.63, 3.8) is 0 Å². The van der Waals surface area contributed by atoms with Gasteiger partial charge in [0.05, 0.1) is 5.25 Å². The van der Waals surface area contributed by atoms with Gasteiger partial charge in [-0.3, -0.25) is 9.36 Å². The zero-order valence-corrected chi connectivity index (χ0v) is 17.0. The van der Waals surface area contributed by atoms with Crippen molar-refractivity contribution in [3.05, 3.63) is 72.1 Å². The van der Waals surface area contributed by atoms with Crippen LogP contribution in [0.15, 0.2) is 66.1 Å². The number of anilines is 1. The highest BCUT2D eigenvalue weighted by Crippen LogP contribution is 2.28. The highest BCUT2D eigenvalue weighted by molar-refractivity contribution is 8.00. The maximum atomic E-state index is 12.7. The van der Waals surface area contributed by atoms with Crippen molar-refractivity contribution in [2.75, 3.05) is 5.32 Å². The number of benzene rings is 2. The molecule has 0 spiro atoms. The molecule has 0 aliphatic rings. The lowest BCUT2D eigenvalue weighted by Crippen LogP contribution is -2.23. The van der Waals surface area contributed by atoms with Crippen LogP contribution in [0, 0.1) is 6.92 Å². The Morgan fingerprint density at radius 2 is 1.89 bits per heavy atom. The summed E-state index contributed by atoms with van der Waals surface area (Å²) in [5, 5.41) is 3.61. The van der Waals surface area contributed by atoms with Crippen molar-refractivity contribution >= 4 is 23.4 Å². The second-order valence-electron chi connectivity index (χ2n) is 6.91. The first-order valence-electron chi connectivity index (χ1n) is 9.12. The smallest absolute Gasteiger partial charge is 0.237 e. The number of aromatic nitrogens is 2. The van der Waals surface area contributed by atoms with E-state index in [4.69, 9.17) is 0 Å². The van der Waals surface area contributed by atoms with E-state index in [1.807, 2.05) is 48.0 Å². The van der Waals surface area contributed by atoms with E-state index in [1.54, 1.807) is 6.20 Å². The number of nitrogens with zero attached hydrogens (tertiary/aromatic N) is 2. The molecule has 3 aromatic rings. The molecule has 1 aromatic heterocycles. The Bertz CT molecular complexity index is 933. The molecule has 140 valence electrons. The van der Waals surface area contributed by atoms with E-state index in [9.17, 15) is 4.79 Å². The molecule has 5 heteroatoms. The molecule has 0 saturated carbocycles. The third-order valence-electron chi connectivity index (χ3n) is 4.38. The molecule has 0 aliphatic carbocycles. The number of rotatable bonds is 6. The van der Waals surface area contributed by atoms with Gasteiger partial charge in [-0.1, -0.05) is 55.9 Å². The Kier molecular flexibility index (Phi) is 6.01. The molecule has 27 heavy (non-hydrogen) atoms. The first-order chi connectivity index (χ1) is 13.0. The van der Waals surface area contributed by atoms with Crippen LogP contribution in [0.3, 0.4) is 0 Å². The van der Waals surface area contributed by atoms with Gasteiger partial charge in [-0.05, 0) is 49.1 Å². The third kappa shape index (κ3) is 4.61. The number of hydrogen-bond acceptors (Lipinski definition) is 3. The molecule has 2 aromatic carbocycles. The summed E-state index contributed by atoms with van der Waals surface area (Å²) < 4.78 is 2.02.